The second-order valence-corrected chi connectivity index (χ2v) is 7.11. The summed E-state index contributed by atoms with van der Waals surface area (Å²) in [6, 6.07) is 0. The Morgan fingerprint density at radius 2 is 1.43 bits per heavy atom. The first-order valence-corrected chi connectivity index (χ1v) is 9.25. The van der Waals surface area contributed by atoms with E-state index in [4.69, 9.17) is 5.73 Å². The van der Waals surface area contributed by atoms with E-state index in [1.807, 2.05) is 7.05 Å². The molecule has 0 aliphatic heterocycles. The molecule has 0 aliphatic rings. The molecule has 0 heterocycles. The van der Waals surface area contributed by atoms with E-state index in [1.165, 1.54) is 64.2 Å². The van der Waals surface area contributed by atoms with Gasteiger partial charge in [-0.2, -0.15) is 0 Å². The Morgan fingerprint density at radius 1 is 0.857 bits per heavy atom. The van der Waals surface area contributed by atoms with E-state index in [2.05, 4.69) is 32.7 Å². The van der Waals surface area contributed by atoms with Gasteiger partial charge in [0.1, 0.15) is 0 Å². The molecule has 0 rings (SSSR count). The van der Waals surface area contributed by atoms with Crippen molar-refractivity contribution < 1.29 is 0 Å². The number of unbranched alkanes of at least 4 members (excludes halogenated alkanes) is 5. The molecule has 0 aromatic rings. The van der Waals surface area contributed by atoms with Crippen LogP contribution in [0.5, 0.6) is 0 Å². The van der Waals surface area contributed by atoms with Gasteiger partial charge in [-0.05, 0) is 18.3 Å². The molecule has 2 atom stereocenters. The van der Waals surface area contributed by atoms with E-state index in [-0.39, 0.29) is 0 Å². The number of rotatable bonds is 13. The lowest BCUT2D eigenvalue weighted by molar-refractivity contribution is 0.366. The van der Waals surface area contributed by atoms with Crippen molar-refractivity contribution in [3.05, 3.63) is 0 Å². The summed E-state index contributed by atoms with van der Waals surface area (Å²) < 4.78 is 0. The highest BCUT2D eigenvalue weighted by Gasteiger charge is 2.20. The van der Waals surface area contributed by atoms with Crippen LogP contribution in [0.1, 0.15) is 91.9 Å². The third kappa shape index (κ3) is 10.8. The van der Waals surface area contributed by atoms with Crippen molar-refractivity contribution >= 4 is 5.84 Å². The van der Waals surface area contributed by atoms with Gasteiger partial charge in [0.05, 0.1) is 5.84 Å². The van der Waals surface area contributed by atoms with Gasteiger partial charge in [0, 0.05) is 13.0 Å². The molecule has 126 valence electrons. The first kappa shape index (κ1) is 20.5. The van der Waals surface area contributed by atoms with Crippen LogP contribution in [0.3, 0.4) is 0 Å². The van der Waals surface area contributed by atoms with Crippen LogP contribution in [0, 0.1) is 17.8 Å². The van der Waals surface area contributed by atoms with Crippen LogP contribution < -0.4 is 5.73 Å². The molecule has 0 fully saturated rings. The van der Waals surface area contributed by atoms with Crippen molar-refractivity contribution in [3.63, 3.8) is 0 Å². The molecule has 0 saturated heterocycles. The summed E-state index contributed by atoms with van der Waals surface area (Å²) in [7, 11) is 1.84. The van der Waals surface area contributed by atoms with Gasteiger partial charge in [-0.1, -0.05) is 85.5 Å². The van der Waals surface area contributed by atoms with Gasteiger partial charge in [-0.3, -0.25) is 4.99 Å². The molecule has 21 heavy (non-hydrogen) atoms. The zero-order valence-corrected chi connectivity index (χ0v) is 15.3. The normalized spacial score (nSPS) is 15.4. The van der Waals surface area contributed by atoms with Crippen molar-refractivity contribution in [2.75, 3.05) is 7.05 Å². The van der Waals surface area contributed by atoms with Gasteiger partial charge in [0.25, 0.3) is 0 Å². The van der Waals surface area contributed by atoms with Crippen LogP contribution in [-0.4, -0.2) is 12.9 Å². The van der Waals surface area contributed by atoms with E-state index in [9.17, 15) is 0 Å². The number of hydrogen-bond acceptors (Lipinski definition) is 1. The fraction of sp³-hybridized carbons (Fsp3) is 0.947. The van der Waals surface area contributed by atoms with Crippen molar-refractivity contribution in [1.29, 1.82) is 0 Å². The average Bonchev–Trinajstić information content (AvgIpc) is 2.46. The third-order valence-electron chi connectivity index (χ3n) is 4.63. The summed E-state index contributed by atoms with van der Waals surface area (Å²) in [5.41, 5.74) is 6.16. The summed E-state index contributed by atoms with van der Waals surface area (Å²) in [5, 5.41) is 0. The molecule has 0 amide bonds. The fourth-order valence-corrected chi connectivity index (χ4v) is 3.08. The third-order valence-corrected chi connectivity index (χ3v) is 4.63. The maximum atomic E-state index is 6.16. The number of amidine groups is 1. The Labute approximate surface area is 134 Å². The lowest BCUT2D eigenvalue weighted by Crippen LogP contribution is -2.29. The van der Waals surface area contributed by atoms with Crippen molar-refractivity contribution in [3.8, 4) is 0 Å². The van der Waals surface area contributed by atoms with Crippen molar-refractivity contribution in [1.82, 2.24) is 0 Å². The van der Waals surface area contributed by atoms with Gasteiger partial charge in [-0.25, -0.2) is 0 Å². The van der Waals surface area contributed by atoms with E-state index < -0.39 is 0 Å². The lowest BCUT2D eigenvalue weighted by atomic mass is 9.84. The average molecular weight is 297 g/mol. The Kier molecular flexibility index (Phi) is 12.8. The molecule has 0 spiro atoms. The minimum absolute atomic E-state index is 0.496. The number of hydrogen-bond donors (Lipinski definition) is 1. The zero-order valence-electron chi connectivity index (χ0n) is 15.3. The number of aliphatic imine (C=N–C) groups is 1. The smallest absolute Gasteiger partial charge is 0.0967 e. The minimum Gasteiger partial charge on any atom is -0.387 e. The standard InChI is InChI=1S/C19H40N2/c1-6-7-8-9-10-15-18(19(20)21-5)17(4)14-12-11-13-16(2)3/h16-18H,6-15H2,1-5H3,(H2,20,21). The summed E-state index contributed by atoms with van der Waals surface area (Å²) in [6.07, 6.45) is 13.3. The van der Waals surface area contributed by atoms with Crippen LogP contribution in [0.2, 0.25) is 0 Å². The van der Waals surface area contributed by atoms with E-state index in [0.29, 0.717) is 11.8 Å². The minimum atomic E-state index is 0.496. The summed E-state index contributed by atoms with van der Waals surface area (Å²) in [5.74, 6) is 2.88. The molecule has 0 saturated carbocycles. The Bertz CT molecular complexity index is 258. The van der Waals surface area contributed by atoms with Crippen LogP contribution in [0.25, 0.3) is 0 Å². The summed E-state index contributed by atoms with van der Waals surface area (Å²) in [4.78, 5) is 4.28. The first-order chi connectivity index (χ1) is 10.0. The molecule has 0 radical (unpaired) electrons. The zero-order chi connectivity index (χ0) is 16.1. The highest BCUT2D eigenvalue weighted by atomic mass is 14.8. The molecule has 2 heteroatoms. The Hall–Kier alpha value is -0.530. The largest absolute Gasteiger partial charge is 0.387 e. The monoisotopic (exact) mass is 296 g/mol. The first-order valence-electron chi connectivity index (χ1n) is 9.25. The SMILES string of the molecule is CCCCCCCC(C(N)=NC)C(C)CCCCC(C)C. The molecule has 0 aliphatic carbocycles. The lowest BCUT2D eigenvalue weighted by Gasteiger charge is -2.23. The number of nitrogens with two attached hydrogens (primary N) is 1. The molecule has 2 unspecified atom stereocenters. The number of nitrogens with zero attached hydrogens (tertiary/aromatic N) is 1. The molecule has 2 N–H and O–H groups in total. The van der Waals surface area contributed by atoms with Gasteiger partial charge >= 0.3 is 0 Å². The summed E-state index contributed by atoms with van der Waals surface area (Å²) >= 11 is 0. The topological polar surface area (TPSA) is 38.4 Å². The Balaban J connectivity index is 4.08. The molecule has 0 aromatic heterocycles. The van der Waals surface area contributed by atoms with Crippen LogP contribution in [0.15, 0.2) is 4.99 Å². The maximum Gasteiger partial charge on any atom is 0.0967 e. The highest BCUT2D eigenvalue weighted by Crippen LogP contribution is 2.25. The molecule has 0 aromatic carbocycles. The quantitative estimate of drug-likeness (QED) is 0.260. The van der Waals surface area contributed by atoms with Crippen molar-refractivity contribution in [2.24, 2.45) is 28.5 Å². The summed E-state index contributed by atoms with van der Waals surface area (Å²) in [6.45, 7) is 9.25. The highest BCUT2D eigenvalue weighted by molar-refractivity contribution is 5.82. The second-order valence-electron chi connectivity index (χ2n) is 7.11. The van der Waals surface area contributed by atoms with Gasteiger partial charge in [0.2, 0.25) is 0 Å². The molecular weight excluding hydrogens is 256 g/mol. The Morgan fingerprint density at radius 3 is 2.00 bits per heavy atom. The maximum absolute atomic E-state index is 6.16. The van der Waals surface area contributed by atoms with E-state index in [1.54, 1.807) is 0 Å². The van der Waals surface area contributed by atoms with E-state index in [0.717, 1.165) is 11.8 Å². The van der Waals surface area contributed by atoms with E-state index >= 15 is 0 Å². The molecular formula is C19H40N2. The second kappa shape index (κ2) is 13.2. The van der Waals surface area contributed by atoms with Gasteiger partial charge in [-0.15, -0.1) is 0 Å². The van der Waals surface area contributed by atoms with Crippen molar-refractivity contribution in [2.45, 2.75) is 91.9 Å². The van der Waals surface area contributed by atoms with Gasteiger partial charge in [0.15, 0.2) is 0 Å². The molecule has 2 nitrogen and oxygen atoms in total. The predicted octanol–water partition coefficient (Wildman–Crippen LogP) is 5.80. The predicted molar refractivity (Wildman–Crippen MR) is 96.9 cm³/mol. The fourth-order valence-electron chi connectivity index (χ4n) is 3.08. The van der Waals surface area contributed by atoms with Crippen LogP contribution >= 0.6 is 0 Å². The van der Waals surface area contributed by atoms with Crippen LogP contribution in [-0.2, 0) is 0 Å². The van der Waals surface area contributed by atoms with Gasteiger partial charge < -0.3 is 5.73 Å². The molecule has 0 bridgehead atoms. The van der Waals surface area contributed by atoms with Crippen LogP contribution in [0.4, 0.5) is 0 Å².